The molecule has 2 heteroatoms. The van der Waals surface area contributed by atoms with Crippen LogP contribution in [0.3, 0.4) is 0 Å². The zero-order valence-electron chi connectivity index (χ0n) is 13.8. The minimum atomic E-state index is 0.449. The first kappa shape index (κ1) is 12.5. The first-order chi connectivity index (χ1) is 11.7. The lowest BCUT2D eigenvalue weighted by Gasteiger charge is -2.09. The average Bonchev–Trinajstić information content (AvgIpc) is 2.62. The minimum absolute atomic E-state index is 0.449. The number of hydrogen-bond donors (Lipinski definition) is 0. The summed E-state index contributed by atoms with van der Waals surface area (Å²) in [6.45, 7) is 1.89. The summed E-state index contributed by atoms with van der Waals surface area (Å²) in [5, 5.41) is 0.798. The Balaban J connectivity index is 2.01. The van der Waals surface area contributed by atoms with Crippen LogP contribution in [0.15, 0.2) is 78.8 Å². The molecule has 3 aromatic carbocycles. The van der Waals surface area contributed by atoms with Gasteiger partial charge in [-0.1, -0.05) is 66.7 Å². The molecule has 0 spiro atoms. The highest BCUT2D eigenvalue weighted by Gasteiger charge is 2.09. The number of aromatic nitrogens is 2. The standard InChI is InChI=1S/C21H16N2/c1-15-22-20-14-18(16-8-4-2-5-9-16)12-13-19(20)21(23-15)17-10-6-3-7-11-17/h2-14H,1H3/i13D. The van der Waals surface area contributed by atoms with Crippen molar-refractivity contribution in [3.63, 3.8) is 0 Å². The van der Waals surface area contributed by atoms with E-state index >= 15 is 0 Å². The summed E-state index contributed by atoms with van der Waals surface area (Å²) in [6, 6.07) is 24.5. The molecule has 0 aliphatic heterocycles. The van der Waals surface area contributed by atoms with E-state index in [9.17, 15) is 0 Å². The molecule has 2 nitrogen and oxygen atoms in total. The van der Waals surface area contributed by atoms with Gasteiger partial charge in [0.2, 0.25) is 0 Å². The van der Waals surface area contributed by atoms with Crippen LogP contribution < -0.4 is 0 Å². The molecule has 0 saturated heterocycles. The van der Waals surface area contributed by atoms with E-state index < -0.39 is 0 Å². The zero-order chi connectivity index (χ0) is 16.5. The maximum Gasteiger partial charge on any atom is 0.126 e. The van der Waals surface area contributed by atoms with Gasteiger partial charge in [-0.3, -0.25) is 0 Å². The second-order valence-corrected chi connectivity index (χ2v) is 5.50. The van der Waals surface area contributed by atoms with Gasteiger partial charge in [-0.05, 0) is 30.2 Å². The highest BCUT2D eigenvalue weighted by Crippen LogP contribution is 2.29. The van der Waals surface area contributed by atoms with Crippen molar-refractivity contribution in [2.75, 3.05) is 0 Å². The molecular weight excluding hydrogens is 280 g/mol. The van der Waals surface area contributed by atoms with Gasteiger partial charge in [-0.15, -0.1) is 0 Å². The molecule has 1 aromatic heterocycles. The topological polar surface area (TPSA) is 25.8 Å². The van der Waals surface area contributed by atoms with Crippen molar-refractivity contribution >= 4 is 10.9 Å². The monoisotopic (exact) mass is 297 g/mol. The van der Waals surface area contributed by atoms with E-state index in [0.717, 1.165) is 33.3 Å². The Hall–Kier alpha value is -3.00. The van der Waals surface area contributed by atoms with Crippen molar-refractivity contribution in [3.8, 4) is 22.4 Å². The van der Waals surface area contributed by atoms with Crippen molar-refractivity contribution in [3.05, 3.63) is 84.7 Å². The lowest BCUT2D eigenvalue weighted by atomic mass is 10.0. The molecular formula is C21H16N2. The summed E-state index contributed by atoms with van der Waals surface area (Å²) in [5.74, 6) is 0.714. The lowest BCUT2D eigenvalue weighted by molar-refractivity contribution is 1.10. The highest BCUT2D eigenvalue weighted by atomic mass is 14.9. The normalized spacial score (nSPS) is 11.4. The number of benzene rings is 3. The van der Waals surface area contributed by atoms with Crippen LogP contribution in [0.25, 0.3) is 33.3 Å². The number of nitrogens with zero attached hydrogens (tertiary/aromatic N) is 2. The third kappa shape index (κ3) is 2.59. The molecule has 0 atom stereocenters. The SMILES string of the molecule is [2H]c1cc(-c2ccccc2)cc2nc(C)nc(-c3ccccc3)c12. The summed E-state index contributed by atoms with van der Waals surface area (Å²) in [7, 11) is 0. The Bertz CT molecular complexity index is 1010. The van der Waals surface area contributed by atoms with Crippen LogP contribution in [0.4, 0.5) is 0 Å². The maximum absolute atomic E-state index is 8.53. The van der Waals surface area contributed by atoms with Gasteiger partial charge in [-0.2, -0.15) is 0 Å². The molecule has 1 heterocycles. The van der Waals surface area contributed by atoms with E-state index in [1.165, 1.54) is 0 Å². The van der Waals surface area contributed by atoms with Gasteiger partial charge in [0.05, 0.1) is 12.6 Å². The van der Waals surface area contributed by atoms with Gasteiger partial charge in [0.25, 0.3) is 0 Å². The molecule has 0 radical (unpaired) electrons. The second kappa shape index (κ2) is 5.65. The highest BCUT2D eigenvalue weighted by molar-refractivity contribution is 5.94. The number of hydrogen-bond acceptors (Lipinski definition) is 2. The summed E-state index contributed by atoms with van der Waals surface area (Å²) in [6.07, 6.45) is 0. The largest absolute Gasteiger partial charge is 0.233 e. The predicted octanol–water partition coefficient (Wildman–Crippen LogP) is 5.27. The first-order valence-electron chi connectivity index (χ1n) is 8.12. The summed E-state index contributed by atoms with van der Waals surface area (Å²) < 4.78 is 8.53. The Morgan fingerprint density at radius 3 is 2.09 bits per heavy atom. The molecule has 110 valence electrons. The van der Waals surface area contributed by atoms with E-state index in [-0.39, 0.29) is 0 Å². The molecule has 0 aliphatic rings. The summed E-state index contributed by atoms with van der Waals surface area (Å²) in [5.41, 5.74) is 4.74. The fraction of sp³-hybridized carbons (Fsp3) is 0.0476. The van der Waals surface area contributed by atoms with Gasteiger partial charge in [0.1, 0.15) is 5.82 Å². The molecule has 0 saturated carbocycles. The Morgan fingerprint density at radius 2 is 1.39 bits per heavy atom. The summed E-state index contributed by atoms with van der Waals surface area (Å²) in [4.78, 5) is 9.18. The van der Waals surface area contributed by atoms with Crippen molar-refractivity contribution in [1.29, 1.82) is 0 Å². The van der Waals surface area contributed by atoms with E-state index in [1.54, 1.807) is 0 Å². The predicted molar refractivity (Wildman–Crippen MR) is 95.1 cm³/mol. The van der Waals surface area contributed by atoms with Gasteiger partial charge >= 0.3 is 0 Å². The van der Waals surface area contributed by atoms with Crippen LogP contribution in [0.5, 0.6) is 0 Å². The second-order valence-electron chi connectivity index (χ2n) is 5.50. The van der Waals surface area contributed by atoms with Crippen molar-refractivity contribution in [2.45, 2.75) is 6.92 Å². The Kier molecular flexibility index (Phi) is 3.08. The van der Waals surface area contributed by atoms with Crippen molar-refractivity contribution in [2.24, 2.45) is 0 Å². The molecule has 0 bridgehead atoms. The molecule has 23 heavy (non-hydrogen) atoms. The number of aryl methyl sites for hydroxylation is 1. The molecule has 0 fully saturated rings. The van der Waals surface area contributed by atoms with Crippen molar-refractivity contribution in [1.82, 2.24) is 9.97 Å². The molecule has 4 rings (SSSR count). The fourth-order valence-corrected chi connectivity index (χ4v) is 2.78. The Labute approximate surface area is 136 Å². The third-order valence-electron chi connectivity index (χ3n) is 3.87. The van der Waals surface area contributed by atoms with E-state index in [1.807, 2.05) is 79.7 Å². The van der Waals surface area contributed by atoms with Crippen LogP contribution in [-0.4, -0.2) is 9.97 Å². The van der Waals surface area contributed by atoms with Gasteiger partial charge in [0, 0.05) is 10.9 Å². The zero-order valence-corrected chi connectivity index (χ0v) is 12.8. The van der Waals surface area contributed by atoms with Crippen molar-refractivity contribution < 1.29 is 1.37 Å². The quantitative estimate of drug-likeness (QED) is 0.503. The summed E-state index contributed by atoms with van der Waals surface area (Å²) >= 11 is 0. The van der Waals surface area contributed by atoms with Gasteiger partial charge in [0.15, 0.2) is 0 Å². The van der Waals surface area contributed by atoms with E-state index in [2.05, 4.69) is 9.97 Å². The molecule has 0 aliphatic carbocycles. The van der Waals surface area contributed by atoms with Crippen LogP contribution in [-0.2, 0) is 0 Å². The smallest absolute Gasteiger partial charge is 0.126 e. The number of rotatable bonds is 2. The Morgan fingerprint density at radius 1 is 0.739 bits per heavy atom. The van der Waals surface area contributed by atoms with Crippen LogP contribution >= 0.6 is 0 Å². The third-order valence-corrected chi connectivity index (χ3v) is 3.87. The maximum atomic E-state index is 8.53. The first-order valence-corrected chi connectivity index (χ1v) is 7.62. The fourth-order valence-electron chi connectivity index (χ4n) is 2.78. The molecule has 0 N–H and O–H groups in total. The van der Waals surface area contributed by atoms with E-state index in [4.69, 9.17) is 1.37 Å². The van der Waals surface area contributed by atoms with E-state index in [0.29, 0.717) is 11.9 Å². The van der Waals surface area contributed by atoms with Crippen LogP contribution in [0, 0.1) is 6.92 Å². The lowest BCUT2D eigenvalue weighted by Crippen LogP contribution is -1.94. The van der Waals surface area contributed by atoms with Gasteiger partial charge in [-0.25, -0.2) is 9.97 Å². The molecule has 0 unspecified atom stereocenters. The number of fused-ring (bicyclic) bond motifs is 1. The average molecular weight is 297 g/mol. The van der Waals surface area contributed by atoms with Crippen LogP contribution in [0.1, 0.15) is 7.20 Å². The van der Waals surface area contributed by atoms with Crippen LogP contribution in [0.2, 0.25) is 0 Å². The minimum Gasteiger partial charge on any atom is -0.233 e. The molecule has 0 amide bonds. The van der Waals surface area contributed by atoms with Gasteiger partial charge < -0.3 is 0 Å². The molecule has 4 aromatic rings.